The Bertz CT molecular complexity index is 1510. The molecule has 1 saturated heterocycles. The molecule has 0 saturated carbocycles. The summed E-state index contributed by atoms with van der Waals surface area (Å²) in [6, 6.07) is 25.7. The number of amides is 1. The van der Waals surface area contributed by atoms with E-state index in [-0.39, 0.29) is 17.9 Å². The Labute approximate surface area is 221 Å². The van der Waals surface area contributed by atoms with E-state index >= 15 is 0 Å². The van der Waals surface area contributed by atoms with Crippen molar-refractivity contribution in [1.82, 2.24) is 9.88 Å². The summed E-state index contributed by atoms with van der Waals surface area (Å²) in [5, 5.41) is 11.4. The molecule has 6 heteroatoms. The van der Waals surface area contributed by atoms with Crippen molar-refractivity contribution in [2.24, 2.45) is 0 Å². The van der Waals surface area contributed by atoms with Gasteiger partial charge in [0.25, 0.3) is 11.7 Å². The van der Waals surface area contributed by atoms with Crippen molar-refractivity contribution < 1.29 is 19.4 Å². The third-order valence-electron chi connectivity index (χ3n) is 6.66. The summed E-state index contributed by atoms with van der Waals surface area (Å²) in [6.45, 7) is 4.45. The molecule has 1 aromatic heterocycles. The highest BCUT2D eigenvalue weighted by atomic mass is 16.5. The van der Waals surface area contributed by atoms with E-state index in [0.29, 0.717) is 17.9 Å². The van der Waals surface area contributed by atoms with Crippen molar-refractivity contribution >= 4 is 17.4 Å². The predicted octanol–water partition coefficient (Wildman–Crippen LogP) is 5.90. The van der Waals surface area contributed by atoms with Crippen molar-refractivity contribution in [3.63, 3.8) is 0 Å². The minimum Gasteiger partial charge on any atom is -0.507 e. The van der Waals surface area contributed by atoms with Gasteiger partial charge in [-0.15, -0.1) is 0 Å². The quantitative estimate of drug-likeness (QED) is 0.193. The SMILES string of the molecule is Cc1cccc(C2/C(=C(/O)c3ccc(OCc4ccccc4)c(C)c3)C(=O)C(=O)N2Cc2cccnc2)c1. The molecule has 1 N–H and O–H groups in total. The number of carbonyl (C=O) groups excluding carboxylic acids is 2. The summed E-state index contributed by atoms with van der Waals surface area (Å²) in [4.78, 5) is 32.3. The van der Waals surface area contributed by atoms with Gasteiger partial charge in [0, 0.05) is 24.5 Å². The summed E-state index contributed by atoms with van der Waals surface area (Å²) in [5.74, 6) is -0.889. The molecule has 5 rings (SSSR count). The molecular formula is C32H28N2O4. The highest BCUT2D eigenvalue weighted by Gasteiger charge is 2.46. The van der Waals surface area contributed by atoms with Gasteiger partial charge < -0.3 is 14.7 Å². The molecule has 0 aliphatic carbocycles. The van der Waals surface area contributed by atoms with Gasteiger partial charge in [-0.3, -0.25) is 14.6 Å². The van der Waals surface area contributed by atoms with E-state index in [0.717, 1.165) is 27.8 Å². The van der Waals surface area contributed by atoms with Crippen LogP contribution in [0.25, 0.3) is 5.76 Å². The largest absolute Gasteiger partial charge is 0.507 e. The van der Waals surface area contributed by atoms with E-state index < -0.39 is 17.7 Å². The maximum absolute atomic E-state index is 13.4. The van der Waals surface area contributed by atoms with Crippen LogP contribution in [0, 0.1) is 13.8 Å². The Morgan fingerprint density at radius 3 is 2.42 bits per heavy atom. The molecular weight excluding hydrogens is 476 g/mol. The fourth-order valence-corrected chi connectivity index (χ4v) is 4.77. The number of aliphatic hydroxyl groups is 1. The first-order valence-corrected chi connectivity index (χ1v) is 12.4. The van der Waals surface area contributed by atoms with Gasteiger partial charge >= 0.3 is 0 Å². The monoisotopic (exact) mass is 504 g/mol. The lowest BCUT2D eigenvalue weighted by molar-refractivity contribution is -0.140. The molecule has 1 unspecified atom stereocenters. The second kappa shape index (κ2) is 10.7. The van der Waals surface area contributed by atoms with Crippen LogP contribution in [0.5, 0.6) is 5.75 Å². The molecule has 0 spiro atoms. The number of Topliss-reactive ketones (excluding diaryl/α,β-unsaturated/α-hetero) is 1. The Morgan fingerprint density at radius 1 is 0.921 bits per heavy atom. The van der Waals surface area contributed by atoms with E-state index in [1.807, 2.05) is 74.5 Å². The summed E-state index contributed by atoms with van der Waals surface area (Å²) in [5.41, 5.74) is 4.92. The number of benzene rings is 3. The van der Waals surface area contributed by atoms with Gasteiger partial charge in [-0.2, -0.15) is 0 Å². The van der Waals surface area contributed by atoms with Gasteiger partial charge in [-0.05, 0) is 60.4 Å². The fourth-order valence-electron chi connectivity index (χ4n) is 4.77. The zero-order chi connectivity index (χ0) is 26.6. The molecule has 38 heavy (non-hydrogen) atoms. The lowest BCUT2D eigenvalue weighted by Crippen LogP contribution is -2.29. The predicted molar refractivity (Wildman–Crippen MR) is 145 cm³/mol. The van der Waals surface area contributed by atoms with Crippen molar-refractivity contribution in [2.75, 3.05) is 0 Å². The molecule has 4 aromatic rings. The minimum absolute atomic E-state index is 0.0712. The maximum Gasteiger partial charge on any atom is 0.295 e. The number of likely N-dealkylation sites (tertiary alicyclic amines) is 1. The molecule has 1 aliphatic heterocycles. The normalized spacial score (nSPS) is 16.6. The summed E-state index contributed by atoms with van der Waals surface area (Å²) in [7, 11) is 0. The molecule has 3 aromatic carbocycles. The van der Waals surface area contributed by atoms with Crippen LogP contribution >= 0.6 is 0 Å². The zero-order valence-corrected chi connectivity index (χ0v) is 21.3. The van der Waals surface area contributed by atoms with E-state index in [1.54, 1.807) is 36.7 Å². The number of rotatable bonds is 7. The van der Waals surface area contributed by atoms with E-state index in [4.69, 9.17) is 4.74 Å². The first-order valence-electron chi connectivity index (χ1n) is 12.4. The van der Waals surface area contributed by atoms with Gasteiger partial charge in [0.2, 0.25) is 0 Å². The third-order valence-corrected chi connectivity index (χ3v) is 6.66. The second-order valence-corrected chi connectivity index (χ2v) is 9.46. The minimum atomic E-state index is -0.732. The number of hydrogen-bond acceptors (Lipinski definition) is 5. The van der Waals surface area contributed by atoms with Crippen LogP contribution in [0.15, 0.2) is 103 Å². The highest BCUT2D eigenvalue weighted by Crippen LogP contribution is 2.41. The van der Waals surface area contributed by atoms with Crippen LogP contribution in [0.4, 0.5) is 0 Å². The molecule has 6 nitrogen and oxygen atoms in total. The lowest BCUT2D eigenvalue weighted by Gasteiger charge is -2.25. The topological polar surface area (TPSA) is 79.7 Å². The number of pyridine rings is 1. The summed E-state index contributed by atoms with van der Waals surface area (Å²) >= 11 is 0. The first kappa shape index (κ1) is 25.0. The number of aliphatic hydroxyl groups excluding tert-OH is 1. The number of aryl methyl sites for hydroxylation is 2. The van der Waals surface area contributed by atoms with Crippen molar-refractivity contribution in [2.45, 2.75) is 33.0 Å². The summed E-state index contributed by atoms with van der Waals surface area (Å²) < 4.78 is 5.98. The molecule has 1 atom stereocenters. The van der Waals surface area contributed by atoms with Crippen molar-refractivity contribution in [3.8, 4) is 5.75 Å². The van der Waals surface area contributed by atoms with Crippen molar-refractivity contribution in [3.05, 3.63) is 136 Å². The standard InChI is InChI=1S/C32H28N2O4/c1-21-8-6-12-25(16-21)29-28(31(36)32(37)34(29)19-24-11-7-15-33-18-24)30(35)26-13-14-27(22(2)17-26)38-20-23-9-4-3-5-10-23/h3-18,29,35H,19-20H2,1-2H3/b30-28-. The third kappa shape index (κ3) is 5.06. The lowest BCUT2D eigenvalue weighted by atomic mass is 9.94. The van der Waals surface area contributed by atoms with Crippen molar-refractivity contribution in [1.29, 1.82) is 0 Å². The number of aromatic nitrogens is 1. The Morgan fingerprint density at radius 2 is 1.71 bits per heavy atom. The number of hydrogen-bond donors (Lipinski definition) is 1. The Hall–Kier alpha value is -4.71. The Balaban J connectivity index is 1.52. The molecule has 1 amide bonds. The fraction of sp³-hybridized carbons (Fsp3) is 0.156. The number of ether oxygens (including phenoxy) is 1. The smallest absolute Gasteiger partial charge is 0.295 e. The van der Waals surface area contributed by atoms with Gasteiger partial charge in [0.05, 0.1) is 11.6 Å². The van der Waals surface area contributed by atoms with E-state index in [1.165, 1.54) is 4.90 Å². The Kier molecular flexibility index (Phi) is 7.05. The average Bonchev–Trinajstić information content (AvgIpc) is 3.18. The van der Waals surface area contributed by atoms with Crippen LogP contribution in [-0.2, 0) is 22.7 Å². The van der Waals surface area contributed by atoms with Crippen LogP contribution in [0.1, 0.15) is 39.4 Å². The average molecular weight is 505 g/mol. The first-order chi connectivity index (χ1) is 18.4. The number of carbonyl (C=O) groups is 2. The zero-order valence-electron chi connectivity index (χ0n) is 21.3. The molecule has 1 fully saturated rings. The van der Waals surface area contributed by atoms with Gasteiger partial charge in [0.15, 0.2) is 0 Å². The van der Waals surface area contributed by atoms with Gasteiger partial charge in [-0.1, -0.05) is 66.2 Å². The second-order valence-electron chi connectivity index (χ2n) is 9.46. The summed E-state index contributed by atoms with van der Waals surface area (Å²) in [6.07, 6.45) is 3.33. The molecule has 0 radical (unpaired) electrons. The van der Waals surface area contributed by atoms with Crippen LogP contribution in [0.3, 0.4) is 0 Å². The number of nitrogens with zero attached hydrogens (tertiary/aromatic N) is 2. The van der Waals surface area contributed by atoms with Crippen LogP contribution < -0.4 is 4.74 Å². The molecule has 1 aliphatic rings. The maximum atomic E-state index is 13.4. The van der Waals surface area contributed by atoms with Gasteiger partial charge in [-0.25, -0.2) is 0 Å². The van der Waals surface area contributed by atoms with Crippen LogP contribution in [-0.4, -0.2) is 26.7 Å². The van der Waals surface area contributed by atoms with Gasteiger partial charge in [0.1, 0.15) is 18.1 Å². The molecule has 2 heterocycles. The van der Waals surface area contributed by atoms with E-state index in [9.17, 15) is 14.7 Å². The highest BCUT2D eigenvalue weighted by molar-refractivity contribution is 6.46. The molecule has 190 valence electrons. The van der Waals surface area contributed by atoms with Crippen LogP contribution in [0.2, 0.25) is 0 Å². The van der Waals surface area contributed by atoms with E-state index in [2.05, 4.69) is 4.98 Å². The number of ketones is 1. The molecule has 0 bridgehead atoms.